The second-order valence-corrected chi connectivity index (χ2v) is 6.03. The molecule has 0 aromatic heterocycles. The van der Waals surface area contributed by atoms with Gasteiger partial charge in [-0.05, 0) is 43.7 Å². The first kappa shape index (κ1) is 14.2. The van der Waals surface area contributed by atoms with Crippen molar-refractivity contribution >= 4 is 11.8 Å². The number of nitrogens with one attached hydrogen (secondary N) is 1. The Hall–Kier alpha value is -1.18. The topological polar surface area (TPSA) is 45.0 Å². The van der Waals surface area contributed by atoms with E-state index < -0.39 is 0 Å². The molecule has 1 aromatic rings. The second-order valence-electron chi connectivity index (χ2n) is 4.89. The van der Waals surface area contributed by atoms with Gasteiger partial charge < -0.3 is 10.1 Å². The van der Waals surface area contributed by atoms with Gasteiger partial charge in [-0.15, -0.1) is 0 Å². The Kier molecular flexibility index (Phi) is 5.12. The van der Waals surface area contributed by atoms with Crippen molar-refractivity contribution in [3.63, 3.8) is 0 Å². The maximum Gasteiger partial charge on any atom is 0.123 e. The van der Waals surface area contributed by atoms with E-state index in [-0.39, 0.29) is 0 Å². The van der Waals surface area contributed by atoms with Crippen molar-refractivity contribution in [3.05, 3.63) is 29.3 Å². The number of hydrogen-bond acceptors (Lipinski definition) is 4. The molecule has 3 nitrogen and oxygen atoms in total. The van der Waals surface area contributed by atoms with Crippen LogP contribution in [0.3, 0.4) is 0 Å². The summed E-state index contributed by atoms with van der Waals surface area (Å²) in [7, 11) is 1.67. The highest BCUT2D eigenvalue weighted by Crippen LogP contribution is 2.28. The van der Waals surface area contributed by atoms with Crippen molar-refractivity contribution < 1.29 is 4.74 Å². The van der Waals surface area contributed by atoms with Crippen LogP contribution in [0.25, 0.3) is 0 Å². The maximum absolute atomic E-state index is 8.96. The SMILES string of the molecule is COc1ccc(C#N)cc1CNC1CCC(SC)C1. The molecule has 1 saturated carbocycles. The number of methoxy groups -OCH3 is 1. The van der Waals surface area contributed by atoms with E-state index in [1.54, 1.807) is 13.2 Å². The zero-order valence-electron chi connectivity index (χ0n) is 11.5. The molecule has 102 valence electrons. The first-order chi connectivity index (χ1) is 9.26. The van der Waals surface area contributed by atoms with Crippen molar-refractivity contribution in [1.82, 2.24) is 5.32 Å². The van der Waals surface area contributed by atoms with E-state index in [0.717, 1.165) is 23.1 Å². The normalized spacial score (nSPS) is 22.2. The van der Waals surface area contributed by atoms with Crippen LogP contribution < -0.4 is 10.1 Å². The first-order valence-corrected chi connectivity index (χ1v) is 7.88. The molecule has 0 aliphatic heterocycles. The quantitative estimate of drug-likeness (QED) is 0.898. The Bertz CT molecular complexity index is 470. The molecule has 2 atom stereocenters. The predicted molar refractivity (Wildman–Crippen MR) is 79.5 cm³/mol. The summed E-state index contributed by atoms with van der Waals surface area (Å²) >= 11 is 1.96. The van der Waals surface area contributed by atoms with Gasteiger partial charge in [0.15, 0.2) is 0 Å². The Balaban J connectivity index is 1.97. The van der Waals surface area contributed by atoms with Crippen LogP contribution in [0.15, 0.2) is 18.2 Å². The minimum Gasteiger partial charge on any atom is -0.496 e. The molecule has 0 saturated heterocycles. The van der Waals surface area contributed by atoms with Crippen LogP contribution in [0.4, 0.5) is 0 Å². The van der Waals surface area contributed by atoms with E-state index in [1.165, 1.54) is 19.3 Å². The first-order valence-electron chi connectivity index (χ1n) is 6.60. The minimum atomic E-state index is 0.591. The average molecular weight is 276 g/mol. The van der Waals surface area contributed by atoms with Crippen molar-refractivity contribution in [1.29, 1.82) is 5.26 Å². The molecule has 1 aliphatic carbocycles. The summed E-state index contributed by atoms with van der Waals surface area (Å²) in [5, 5.41) is 13.3. The highest BCUT2D eigenvalue weighted by atomic mass is 32.2. The molecule has 1 N–H and O–H groups in total. The van der Waals surface area contributed by atoms with Gasteiger partial charge in [-0.25, -0.2) is 0 Å². The number of rotatable bonds is 5. The van der Waals surface area contributed by atoms with E-state index in [2.05, 4.69) is 17.6 Å². The number of benzene rings is 1. The maximum atomic E-state index is 8.96. The molecule has 19 heavy (non-hydrogen) atoms. The molecule has 2 rings (SSSR count). The lowest BCUT2D eigenvalue weighted by molar-refractivity contribution is 0.405. The van der Waals surface area contributed by atoms with Crippen molar-refractivity contribution in [2.75, 3.05) is 13.4 Å². The largest absolute Gasteiger partial charge is 0.496 e. The van der Waals surface area contributed by atoms with E-state index in [1.807, 2.05) is 23.9 Å². The Morgan fingerprint density at radius 3 is 2.95 bits per heavy atom. The molecule has 0 spiro atoms. The van der Waals surface area contributed by atoms with Gasteiger partial charge in [-0.3, -0.25) is 0 Å². The van der Waals surface area contributed by atoms with Crippen LogP contribution in [0, 0.1) is 11.3 Å². The van der Waals surface area contributed by atoms with E-state index in [0.29, 0.717) is 11.6 Å². The van der Waals surface area contributed by atoms with Crippen LogP contribution in [0.1, 0.15) is 30.4 Å². The van der Waals surface area contributed by atoms with Gasteiger partial charge in [-0.1, -0.05) is 0 Å². The van der Waals surface area contributed by atoms with Crippen LogP contribution >= 0.6 is 11.8 Å². The van der Waals surface area contributed by atoms with Gasteiger partial charge >= 0.3 is 0 Å². The molecule has 1 aromatic carbocycles. The smallest absolute Gasteiger partial charge is 0.123 e. The summed E-state index contributed by atoms with van der Waals surface area (Å²) in [6, 6.07) is 8.34. The fraction of sp³-hybridized carbons (Fsp3) is 0.533. The van der Waals surface area contributed by atoms with Crippen LogP contribution in [0.2, 0.25) is 0 Å². The van der Waals surface area contributed by atoms with Gasteiger partial charge in [0.2, 0.25) is 0 Å². The fourth-order valence-electron chi connectivity index (χ4n) is 2.58. The summed E-state index contributed by atoms with van der Waals surface area (Å²) in [5.74, 6) is 0.853. The summed E-state index contributed by atoms with van der Waals surface area (Å²) in [5.41, 5.74) is 1.75. The molecule has 4 heteroatoms. The predicted octanol–water partition coefficient (Wildman–Crippen LogP) is 2.94. The number of ether oxygens (including phenoxy) is 1. The van der Waals surface area contributed by atoms with Gasteiger partial charge in [0.1, 0.15) is 5.75 Å². The van der Waals surface area contributed by atoms with Gasteiger partial charge in [-0.2, -0.15) is 17.0 Å². The molecule has 2 unspecified atom stereocenters. The third-order valence-electron chi connectivity index (χ3n) is 3.71. The summed E-state index contributed by atoms with van der Waals surface area (Å²) in [6.45, 7) is 0.768. The van der Waals surface area contributed by atoms with Gasteiger partial charge in [0.25, 0.3) is 0 Å². The van der Waals surface area contributed by atoms with E-state index in [9.17, 15) is 0 Å². The number of thioether (sulfide) groups is 1. The Morgan fingerprint density at radius 1 is 1.47 bits per heavy atom. The number of hydrogen-bond donors (Lipinski definition) is 1. The fourth-order valence-corrected chi connectivity index (χ4v) is 3.38. The Labute approximate surface area is 119 Å². The molecule has 0 bridgehead atoms. The van der Waals surface area contributed by atoms with Gasteiger partial charge in [0.05, 0.1) is 18.7 Å². The zero-order chi connectivity index (χ0) is 13.7. The van der Waals surface area contributed by atoms with Crippen molar-refractivity contribution in [2.45, 2.75) is 37.1 Å². The lowest BCUT2D eigenvalue weighted by atomic mass is 10.1. The molecule has 0 heterocycles. The highest BCUT2D eigenvalue weighted by molar-refractivity contribution is 7.99. The standard InChI is InChI=1S/C15H20N2OS/c1-18-15-6-3-11(9-16)7-12(15)10-17-13-4-5-14(8-13)19-2/h3,6-7,13-14,17H,4-5,8,10H2,1-2H3. The van der Waals surface area contributed by atoms with Crippen molar-refractivity contribution in [3.8, 4) is 11.8 Å². The zero-order valence-corrected chi connectivity index (χ0v) is 12.3. The monoisotopic (exact) mass is 276 g/mol. The molecule has 1 aliphatic rings. The summed E-state index contributed by atoms with van der Waals surface area (Å²) in [4.78, 5) is 0. The van der Waals surface area contributed by atoms with Crippen molar-refractivity contribution in [2.24, 2.45) is 0 Å². The Morgan fingerprint density at radius 2 is 2.32 bits per heavy atom. The highest BCUT2D eigenvalue weighted by Gasteiger charge is 2.23. The minimum absolute atomic E-state index is 0.591. The third-order valence-corrected chi connectivity index (χ3v) is 4.80. The molecular formula is C15H20N2OS. The lowest BCUT2D eigenvalue weighted by Crippen LogP contribution is -2.26. The number of nitrogens with zero attached hydrogens (tertiary/aromatic N) is 1. The summed E-state index contributed by atoms with van der Waals surface area (Å²) in [6.07, 6.45) is 5.97. The third kappa shape index (κ3) is 3.65. The van der Waals surface area contributed by atoms with Gasteiger partial charge in [0, 0.05) is 23.4 Å². The van der Waals surface area contributed by atoms with Crippen LogP contribution in [-0.4, -0.2) is 24.7 Å². The molecule has 1 fully saturated rings. The molecule has 0 amide bonds. The summed E-state index contributed by atoms with van der Waals surface area (Å²) < 4.78 is 5.35. The molecule has 0 radical (unpaired) electrons. The van der Waals surface area contributed by atoms with E-state index >= 15 is 0 Å². The number of nitriles is 1. The van der Waals surface area contributed by atoms with Crippen LogP contribution in [0.5, 0.6) is 5.75 Å². The molecular weight excluding hydrogens is 256 g/mol. The second kappa shape index (κ2) is 6.83. The lowest BCUT2D eigenvalue weighted by Gasteiger charge is -2.15. The van der Waals surface area contributed by atoms with E-state index in [4.69, 9.17) is 10.00 Å². The van der Waals surface area contributed by atoms with Crippen LogP contribution in [-0.2, 0) is 6.54 Å². The average Bonchev–Trinajstić information content (AvgIpc) is 2.92.